The number of nitrogens with zero attached hydrogens (tertiary/aromatic N) is 1. The Kier molecular flexibility index (Phi) is 5.56. The molecular weight excluding hydrogens is 232 g/mol. The maximum absolute atomic E-state index is 5.16. The van der Waals surface area contributed by atoms with Gasteiger partial charge in [0.05, 0.1) is 12.3 Å². The summed E-state index contributed by atoms with van der Waals surface area (Å²) < 4.78 is 5.16. The Hall–Kier alpha value is -0.450. The van der Waals surface area contributed by atoms with E-state index in [0.29, 0.717) is 6.61 Å². The van der Waals surface area contributed by atoms with Crippen molar-refractivity contribution in [2.75, 3.05) is 13.7 Å². The maximum atomic E-state index is 5.16. The number of methoxy groups -OCH3 is 1. The molecule has 0 aliphatic heterocycles. The van der Waals surface area contributed by atoms with Gasteiger partial charge in [0.2, 0.25) is 0 Å². The highest BCUT2D eigenvalue weighted by atomic mass is 32.1. The molecule has 1 aromatic heterocycles. The first-order valence-corrected chi connectivity index (χ1v) is 6.99. The number of thiazole rings is 1. The first-order valence-electron chi connectivity index (χ1n) is 6.17. The van der Waals surface area contributed by atoms with E-state index in [4.69, 9.17) is 9.72 Å². The molecule has 0 aromatic carbocycles. The van der Waals surface area contributed by atoms with Gasteiger partial charge in [-0.05, 0) is 13.0 Å². The summed E-state index contributed by atoms with van der Waals surface area (Å²) >= 11 is 1.76. The van der Waals surface area contributed by atoms with Crippen molar-refractivity contribution in [2.24, 2.45) is 0 Å². The SMILES string of the molecule is CCCNCc1sc(COC)nc1C(C)(C)C. The summed E-state index contributed by atoms with van der Waals surface area (Å²) in [4.78, 5) is 6.05. The highest BCUT2D eigenvalue weighted by Gasteiger charge is 2.22. The Morgan fingerprint density at radius 2 is 2.06 bits per heavy atom. The molecule has 0 fully saturated rings. The normalized spacial score (nSPS) is 12.1. The fourth-order valence-corrected chi connectivity index (χ4v) is 2.89. The first kappa shape index (κ1) is 14.6. The minimum Gasteiger partial charge on any atom is -0.378 e. The number of rotatable bonds is 6. The topological polar surface area (TPSA) is 34.1 Å². The third kappa shape index (κ3) is 4.37. The molecule has 0 aliphatic carbocycles. The zero-order valence-electron chi connectivity index (χ0n) is 11.6. The molecule has 1 heterocycles. The molecule has 0 saturated heterocycles. The van der Waals surface area contributed by atoms with Gasteiger partial charge in [-0.15, -0.1) is 11.3 Å². The van der Waals surface area contributed by atoms with E-state index >= 15 is 0 Å². The molecule has 0 radical (unpaired) electrons. The van der Waals surface area contributed by atoms with Crippen molar-refractivity contribution in [3.05, 3.63) is 15.6 Å². The van der Waals surface area contributed by atoms with Crippen LogP contribution in [0.3, 0.4) is 0 Å². The number of ether oxygens (including phenoxy) is 1. The summed E-state index contributed by atoms with van der Waals surface area (Å²) in [6.07, 6.45) is 1.16. The molecule has 0 atom stereocenters. The highest BCUT2D eigenvalue weighted by molar-refractivity contribution is 7.11. The minimum absolute atomic E-state index is 0.103. The molecule has 0 aliphatic rings. The van der Waals surface area contributed by atoms with Crippen LogP contribution in [0.15, 0.2) is 0 Å². The predicted molar refractivity (Wildman–Crippen MR) is 73.5 cm³/mol. The van der Waals surface area contributed by atoms with E-state index in [1.165, 1.54) is 10.6 Å². The van der Waals surface area contributed by atoms with E-state index in [2.05, 4.69) is 33.0 Å². The van der Waals surface area contributed by atoms with Crippen LogP contribution in [0.4, 0.5) is 0 Å². The predicted octanol–water partition coefficient (Wildman–Crippen LogP) is 3.09. The zero-order chi connectivity index (χ0) is 12.9. The van der Waals surface area contributed by atoms with Crippen LogP contribution < -0.4 is 5.32 Å². The lowest BCUT2D eigenvalue weighted by atomic mass is 9.91. The van der Waals surface area contributed by atoms with Crippen LogP contribution in [0.5, 0.6) is 0 Å². The van der Waals surface area contributed by atoms with Crippen molar-refractivity contribution in [2.45, 2.75) is 52.7 Å². The molecule has 0 unspecified atom stereocenters. The van der Waals surface area contributed by atoms with Gasteiger partial charge >= 0.3 is 0 Å². The van der Waals surface area contributed by atoms with E-state index < -0.39 is 0 Å². The highest BCUT2D eigenvalue weighted by Crippen LogP contribution is 2.29. The van der Waals surface area contributed by atoms with Gasteiger partial charge in [0, 0.05) is 23.9 Å². The third-order valence-corrected chi connectivity index (χ3v) is 3.46. The van der Waals surface area contributed by atoms with Crippen molar-refractivity contribution in [1.82, 2.24) is 10.3 Å². The fourth-order valence-electron chi connectivity index (χ4n) is 1.67. The smallest absolute Gasteiger partial charge is 0.119 e. The Labute approximate surface area is 109 Å². The summed E-state index contributed by atoms with van der Waals surface area (Å²) in [6.45, 7) is 11.4. The van der Waals surface area contributed by atoms with Crippen molar-refractivity contribution < 1.29 is 4.74 Å². The fraction of sp³-hybridized carbons (Fsp3) is 0.769. The number of hydrogen-bond acceptors (Lipinski definition) is 4. The molecule has 3 nitrogen and oxygen atoms in total. The molecule has 0 bridgehead atoms. The van der Waals surface area contributed by atoms with Crippen molar-refractivity contribution in [3.8, 4) is 0 Å². The molecule has 98 valence electrons. The van der Waals surface area contributed by atoms with Crippen molar-refractivity contribution in [1.29, 1.82) is 0 Å². The monoisotopic (exact) mass is 256 g/mol. The summed E-state index contributed by atoms with van der Waals surface area (Å²) in [7, 11) is 1.72. The maximum Gasteiger partial charge on any atom is 0.119 e. The molecule has 17 heavy (non-hydrogen) atoms. The van der Waals surface area contributed by atoms with Crippen LogP contribution in [0.1, 0.15) is 49.7 Å². The third-order valence-electron chi connectivity index (χ3n) is 2.43. The van der Waals surface area contributed by atoms with Gasteiger partial charge in [0.1, 0.15) is 5.01 Å². The quantitative estimate of drug-likeness (QED) is 0.794. The van der Waals surface area contributed by atoms with Crippen molar-refractivity contribution >= 4 is 11.3 Å². The lowest BCUT2D eigenvalue weighted by molar-refractivity contribution is 0.184. The largest absolute Gasteiger partial charge is 0.378 e. The van der Waals surface area contributed by atoms with E-state index in [1.807, 2.05) is 0 Å². The molecule has 0 amide bonds. The molecule has 0 spiro atoms. The molecule has 1 rings (SSSR count). The Balaban J connectivity index is 2.84. The van der Waals surface area contributed by atoms with Crippen LogP contribution in [-0.4, -0.2) is 18.6 Å². The average Bonchev–Trinajstić information content (AvgIpc) is 2.62. The summed E-state index contributed by atoms with van der Waals surface area (Å²) in [5.74, 6) is 0. The van der Waals surface area contributed by atoms with Gasteiger partial charge < -0.3 is 10.1 Å². The molecule has 0 saturated carbocycles. The molecule has 1 N–H and O–H groups in total. The second-order valence-electron chi connectivity index (χ2n) is 5.24. The molecule has 1 aromatic rings. The summed E-state index contributed by atoms with van der Waals surface area (Å²) in [5.41, 5.74) is 1.31. The number of hydrogen-bond donors (Lipinski definition) is 1. The minimum atomic E-state index is 0.103. The molecular formula is C13H24N2OS. The van der Waals surface area contributed by atoms with Gasteiger partial charge in [-0.2, -0.15) is 0 Å². The van der Waals surface area contributed by atoms with Crippen LogP contribution in [-0.2, 0) is 23.3 Å². The second kappa shape index (κ2) is 6.47. The van der Waals surface area contributed by atoms with Crippen LogP contribution >= 0.6 is 11.3 Å². The Morgan fingerprint density at radius 3 is 2.59 bits per heavy atom. The lowest BCUT2D eigenvalue weighted by Gasteiger charge is -2.17. The van der Waals surface area contributed by atoms with Gasteiger partial charge in [0.25, 0.3) is 0 Å². The van der Waals surface area contributed by atoms with E-state index in [1.54, 1.807) is 18.4 Å². The van der Waals surface area contributed by atoms with Gasteiger partial charge in [0.15, 0.2) is 0 Å². The van der Waals surface area contributed by atoms with E-state index in [0.717, 1.165) is 24.5 Å². The standard InChI is InChI=1S/C13H24N2OS/c1-6-7-14-8-10-12(13(2,3)4)15-11(17-10)9-16-5/h14H,6-9H2,1-5H3. The zero-order valence-corrected chi connectivity index (χ0v) is 12.4. The second-order valence-corrected chi connectivity index (χ2v) is 6.41. The van der Waals surface area contributed by atoms with Crippen LogP contribution in [0.25, 0.3) is 0 Å². The lowest BCUT2D eigenvalue weighted by Crippen LogP contribution is -2.19. The summed E-state index contributed by atoms with van der Waals surface area (Å²) in [5, 5.41) is 4.52. The Bertz CT molecular complexity index is 342. The van der Waals surface area contributed by atoms with E-state index in [9.17, 15) is 0 Å². The van der Waals surface area contributed by atoms with E-state index in [-0.39, 0.29) is 5.41 Å². The van der Waals surface area contributed by atoms with Crippen LogP contribution in [0, 0.1) is 0 Å². The number of nitrogens with one attached hydrogen (secondary N) is 1. The summed E-state index contributed by atoms with van der Waals surface area (Å²) in [6, 6.07) is 0. The van der Waals surface area contributed by atoms with Crippen molar-refractivity contribution in [3.63, 3.8) is 0 Å². The molecule has 4 heteroatoms. The van der Waals surface area contributed by atoms with Gasteiger partial charge in [-0.1, -0.05) is 27.7 Å². The first-order chi connectivity index (χ1) is 7.99. The Morgan fingerprint density at radius 1 is 1.35 bits per heavy atom. The van der Waals surface area contributed by atoms with Gasteiger partial charge in [-0.3, -0.25) is 0 Å². The van der Waals surface area contributed by atoms with Gasteiger partial charge in [-0.25, -0.2) is 4.98 Å². The number of aromatic nitrogens is 1. The van der Waals surface area contributed by atoms with Crippen LogP contribution in [0.2, 0.25) is 0 Å². The average molecular weight is 256 g/mol.